The number of rotatable bonds is 2. The minimum Gasteiger partial charge on any atom is -0.508 e. The quantitative estimate of drug-likeness (QED) is 0.698. The Hall–Kier alpha value is -2.62. The lowest BCUT2D eigenvalue weighted by molar-refractivity contribution is 0.112. The van der Waals surface area contributed by atoms with E-state index in [1.807, 2.05) is 0 Å². The number of carbonyl (C=O) groups is 1. The van der Waals surface area contributed by atoms with Gasteiger partial charge in [0.1, 0.15) is 17.7 Å². The first-order chi connectivity index (χ1) is 8.78. The van der Waals surface area contributed by atoms with Crippen LogP contribution in [0.25, 0.3) is 22.2 Å². The van der Waals surface area contributed by atoms with Crippen molar-refractivity contribution in [1.82, 2.24) is 5.16 Å². The van der Waals surface area contributed by atoms with Crippen LogP contribution < -0.4 is 0 Å². The molecule has 4 heteroatoms. The molecule has 88 valence electrons. The van der Waals surface area contributed by atoms with Crippen LogP contribution >= 0.6 is 0 Å². The Morgan fingerprint density at radius 2 is 1.89 bits per heavy atom. The van der Waals surface area contributed by atoms with Gasteiger partial charge in [-0.3, -0.25) is 4.79 Å². The van der Waals surface area contributed by atoms with E-state index >= 15 is 0 Å². The summed E-state index contributed by atoms with van der Waals surface area (Å²) in [6, 6.07) is 11.8. The van der Waals surface area contributed by atoms with E-state index in [0.717, 1.165) is 17.2 Å². The zero-order valence-corrected chi connectivity index (χ0v) is 9.33. The highest BCUT2D eigenvalue weighted by atomic mass is 16.5. The van der Waals surface area contributed by atoms with E-state index in [4.69, 9.17) is 4.52 Å². The predicted molar refractivity (Wildman–Crippen MR) is 66.5 cm³/mol. The fraction of sp³-hybridized carbons (Fsp3) is 0. The summed E-state index contributed by atoms with van der Waals surface area (Å²) in [5.41, 5.74) is 2.69. The van der Waals surface area contributed by atoms with Gasteiger partial charge in [-0.15, -0.1) is 0 Å². The Labute approximate surface area is 102 Å². The van der Waals surface area contributed by atoms with Gasteiger partial charge in [-0.1, -0.05) is 5.16 Å². The maximum atomic E-state index is 10.8. The van der Waals surface area contributed by atoms with Gasteiger partial charge in [0.2, 0.25) is 0 Å². The van der Waals surface area contributed by atoms with Crippen molar-refractivity contribution in [2.45, 2.75) is 0 Å². The molecule has 3 aromatic rings. The van der Waals surface area contributed by atoms with Crippen LogP contribution in [0.1, 0.15) is 10.4 Å². The van der Waals surface area contributed by atoms with Crippen molar-refractivity contribution in [3.05, 3.63) is 48.0 Å². The highest BCUT2D eigenvalue weighted by molar-refractivity contribution is 5.95. The van der Waals surface area contributed by atoms with Crippen molar-refractivity contribution in [2.75, 3.05) is 0 Å². The number of phenolic OH excluding ortho intramolecular Hbond substituents is 1. The van der Waals surface area contributed by atoms with Crippen LogP contribution in [0.2, 0.25) is 0 Å². The number of phenols is 1. The first-order valence-corrected chi connectivity index (χ1v) is 5.42. The van der Waals surface area contributed by atoms with Gasteiger partial charge in [-0.25, -0.2) is 0 Å². The molecule has 0 saturated carbocycles. The van der Waals surface area contributed by atoms with Gasteiger partial charge in [0.25, 0.3) is 0 Å². The van der Waals surface area contributed by atoms with Gasteiger partial charge < -0.3 is 9.63 Å². The highest BCUT2D eigenvalue weighted by Crippen LogP contribution is 2.29. The van der Waals surface area contributed by atoms with E-state index in [-0.39, 0.29) is 5.75 Å². The number of aromatic hydroxyl groups is 1. The number of fused-ring (bicyclic) bond motifs is 1. The number of hydrogen-bond acceptors (Lipinski definition) is 4. The summed E-state index contributed by atoms with van der Waals surface area (Å²) >= 11 is 0. The molecule has 4 nitrogen and oxygen atoms in total. The first-order valence-electron chi connectivity index (χ1n) is 5.42. The second kappa shape index (κ2) is 4.00. The van der Waals surface area contributed by atoms with Crippen molar-refractivity contribution < 1.29 is 14.4 Å². The second-order valence-electron chi connectivity index (χ2n) is 3.95. The Balaban J connectivity index is 2.22. The maximum Gasteiger partial charge on any atom is 0.167 e. The fourth-order valence-corrected chi connectivity index (χ4v) is 1.86. The van der Waals surface area contributed by atoms with Crippen molar-refractivity contribution in [1.29, 1.82) is 0 Å². The number of carbonyl (C=O) groups excluding carboxylic acids is 1. The summed E-state index contributed by atoms with van der Waals surface area (Å²) in [6.07, 6.45) is 0.785. The molecule has 0 aliphatic heterocycles. The van der Waals surface area contributed by atoms with Gasteiger partial charge in [-0.2, -0.15) is 0 Å². The largest absolute Gasteiger partial charge is 0.508 e. The van der Waals surface area contributed by atoms with E-state index in [2.05, 4.69) is 5.16 Å². The number of aldehydes is 1. The summed E-state index contributed by atoms with van der Waals surface area (Å²) in [4.78, 5) is 10.8. The Bertz CT molecular complexity index is 713. The molecule has 1 N–H and O–H groups in total. The van der Waals surface area contributed by atoms with Crippen molar-refractivity contribution in [3.8, 4) is 17.0 Å². The Morgan fingerprint density at radius 3 is 2.61 bits per heavy atom. The topological polar surface area (TPSA) is 63.3 Å². The van der Waals surface area contributed by atoms with Gasteiger partial charge in [0.15, 0.2) is 5.58 Å². The van der Waals surface area contributed by atoms with E-state index in [1.54, 1.807) is 42.5 Å². The molecule has 1 aromatic heterocycles. The lowest BCUT2D eigenvalue weighted by Crippen LogP contribution is -1.80. The summed E-state index contributed by atoms with van der Waals surface area (Å²) in [7, 11) is 0. The Kier molecular flexibility index (Phi) is 2.34. The first kappa shape index (κ1) is 10.5. The van der Waals surface area contributed by atoms with Gasteiger partial charge in [0.05, 0.1) is 5.39 Å². The third kappa shape index (κ3) is 1.64. The lowest BCUT2D eigenvalue weighted by Gasteiger charge is -1.97. The summed E-state index contributed by atoms with van der Waals surface area (Å²) < 4.78 is 5.20. The third-order valence-corrected chi connectivity index (χ3v) is 2.77. The van der Waals surface area contributed by atoms with E-state index in [1.165, 1.54) is 0 Å². The van der Waals surface area contributed by atoms with Crippen molar-refractivity contribution in [3.63, 3.8) is 0 Å². The second-order valence-corrected chi connectivity index (χ2v) is 3.95. The molecule has 2 aromatic carbocycles. The Morgan fingerprint density at radius 1 is 1.11 bits per heavy atom. The van der Waals surface area contributed by atoms with Crippen molar-refractivity contribution >= 4 is 17.3 Å². The molecular formula is C14H9NO3. The van der Waals surface area contributed by atoms with Crippen molar-refractivity contribution in [2.24, 2.45) is 0 Å². The summed E-state index contributed by atoms with van der Waals surface area (Å²) in [6.45, 7) is 0. The number of aromatic nitrogens is 1. The molecule has 0 unspecified atom stereocenters. The molecule has 0 aliphatic carbocycles. The minimum atomic E-state index is 0.195. The molecule has 0 atom stereocenters. The molecule has 1 heterocycles. The minimum absolute atomic E-state index is 0.195. The number of nitrogens with zero attached hydrogens (tertiary/aromatic N) is 1. The molecule has 0 radical (unpaired) electrons. The van der Waals surface area contributed by atoms with Crippen LogP contribution in [-0.2, 0) is 0 Å². The molecule has 0 aliphatic rings. The molecule has 0 fully saturated rings. The van der Waals surface area contributed by atoms with Gasteiger partial charge >= 0.3 is 0 Å². The highest BCUT2D eigenvalue weighted by Gasteiger charge is 2.10. The molecule has 18 heavy (non-hydrogen) atoms. The molecule has 0 saturated heterocycles. The molecule has 0 bridgehead atoms. The molecule has 3 rings (SSSR count). The average molecular weight is 239 g/mol. The van der Waals surface area contributed by atoms with E-state index in [0.29, 0.717) is 16.8 Å². The smallest absolute Gasteiger partial charge is 0.167 e. The van der Waals surface area contributed by atoms with E-state index < -0.39 is 0 Å². The molecule has 0 spiro atoms. The standard InChI is InChI=1S/C14H9NO3/c16-8-9-1-6-13-12(7-9)14(15-18-13)10-2-4-11(17)5-3-10/h1-8,17H. The predicted octanol–water partition coefficient (Wildman–Crippen LogP) is 3.01. The zero-order chi connectivity index (χ0) is 12.5. The van der Waals surface area contributed by atoms with Crippen LogP contribution in [0.3, 0.4) is 0 Å². The van der Waals surface area contributed by atoms with Gasteiger partial charge in [0, 0.05) is 11.1 Å². The van der Waals surface area contributed by atoms with Crippen LogP contribution in [0.4, 0.5) is 0 Å². The lowest BCUT2D eigenvalue weighted by atomic mass is 10.1. The average Bonchev–Trinajstić information content (AvgIpc) is 2.82. The summed E-state index contributed by atoms with van der Waals surface area (Å²) in [5, 5.41) is 14.0. The SMILES string of the molecule is O=Cc1ccc2onc(-c3ccc(O)cc3)c2c1. The van der Waals surface area contributed by atoms with Crippen LogP contribution in [-0.4, -0.2) is 16.5 Å². The third-order valence-electron chi connectivity index (χ3n) is 2.77. The zero-order valence-electron chi connectivity index (χ0n) is 9.33. The number of hydrogen-bond donors (Lipinski definition) is 1. The summed E-state index contributed by atoms with van der Waals surface area (Å²) in [5.74, 6) is 0.195. The van der Waals surface area contributed by atoms with Crippen LogP contribution in [0.15, 0.2) is 47.0 Å². The maximum absolute atomic E-state index is 10.8. The molecule has 0 amide bonds. The van der Waals surface area contributed by atoms with Gasteiger partial charge in [-0.05, 0) is 42.5 Å². The van der Waals surface area contributed by atoms with Crippen LogP contribution in [0, 0.1) is 0 Å². The fourth-order valence-electron chi connectivity index (χ4n) is 1.86. The monoisotopic (exact) mass is 239 g/mol. The molecular weight excluding hydrogens is 230 g/mol. The van der Waals surface area contributed by atoms with Crippen LogP contribution in [0.5, 0.6) is 5.75 Å². The van der Waals surface area contributed by atoms with E-state index in [9.17, 15) is 9.90 Å². The number of benzene rings is 2. The normalized spacial score (nSPS) is 10.7.